The second kappa shape index (κ2) is 4.34. The molecule has 0 aromatic carbocycles. The van der Waals surface area contributed by atoms with Gasteiger partial charge in [-0.3, -0.25) is 4.98 Å². The standard InChI is InChI=1S/C12H10ClN5/c1-8-16-10-6-15-12(13)17-11(10)18(8)7-9-3-2-4-14-5-9/h2-6H,7H2,1H3. The highest BCUT2D eigenvalue weighted by Gasteiger charge is 2.10. The van der Waals surface area contributed by atoms with Crippen LogP contribution in [0.3, 0.4) is 0 Å². The van der Waals surface area contributed by atoms with E-state index in [4.69, 9.17) is 11.6 Å². The van der Waals surface area contributed by atoms with Crippen molar-refractivity contribution < 1.29 is 0 Å². The summed E-state index contributed by atoms with van der Waals surface area (Å²) in [4.78, 5) is 16.7. The third-order valence-corrected chi connectivity index (χ3v) is 2.89. The molecular weight excluding hydrogens is 250 g/mol. The number of fused-ring (bicyclic) bond motifs is 1. The summed E-state index contributed by atoms with van der Waals surface area (Å²) in [5.74, 6) is 0.880. The third kappa shape index (κ3) is 1.93. The lowest BCUT2D eigenvalue weighted by molar-refractivity contribution is 0.773. The molecule has 0 fully saturated rings. The van der Waals surface area contributed by atoms with Gasteiger partial charge in [0.1, 0.15) is 11.3 Å². The summed E-state index contributed by atoms with van der Waals surface area (Å²) in [6.07, 6.45) is 5.22. The van der Waals surface area contributed by atoms with Gasteiger partial charge >= 0.3 is 0 Å². The molecule has 0 amide bonds. The molecule has 0 aliphatic heterocycles. The maximum absolute atomic E-state index is 5.83. The fraction of sp³-hybridized carbons (Fsp3) is 0.167. The van der Waals surface area contributed by atoms with Crippen molar-refractivity contribution in [3.05, 3.63) is 47.4 Å². The minimum absolute atomic E-state index is 0.231. The highest BCUT2D eigenvalue weighted by molar-refractivity contribution is 6.28. The summed E-state index contributed by atoms with van der Waals surface area (Å²) >= 11 is 5.83. The van der Waals surface area contributed by atoms with Gasteiger partial charge in [0.15, 0.2) is 5.65 Å². The summed E-state index contributed by atoms with van der Waals surface area (Å²) in [6, 6.07) is 3.92. The zero-order valence-corrected chi connectivity index (χ0v) is 10.5. The van der Waals surface area contributed by atoms with E-state index in [1.807, 2.05) is 29.8 Å². The number of hydrogen-bond acceptors (Lipinski definition) is 4. The topological polar surface area (TPSA) is 56.5 Å². The molecule has 18 heavy (non-hydrogen) atoms. The fourth-order valence-electron chi connectivity index (χ4n) is 1.87. The molecule has 0 aliphatic carbocycles. The van der Waals surface area contributed by atoms with E-state index in [9.17, 15) is 0 Å². The van der Waals surface area contributed by atoms with Crippen molar-refractivity contribution in [1.82, 2.24) is 24.5 Å². The zero-order chi connectivity index (χ0) is 12.5. The van der Waals surface area contributed by atoms with Crippen LogP contribution < -0.4 is 0 Å². The van der Waals surface area contributed by atoms with Crippen LogP contribution in [0.4, 0.5) is 0 Å². The molecular formula is C12H10ClN5. The van der Waals surface area contributed by atoms with Gasteiger partial charge in [-0.1, -0.05) is 6.07 Å². The van der Waals surface area contributed by atoms with Crippen molar-refractivity contribution in [2.45, 2.75) is 13.5 Å². The van der Waals surface area contributed by atoms with E-state index >= 15 is 0 Å². The first-order valence-corrected chi connectivity index (χ1v) is 5.86. The number of halogens is 1. The Morgan fingerprint density at radius 3 is 2.94 bits per heavy atom. The SMILES string of the molecule is Cc1nc2cnc(Cl)nc2n1Cc1cccnc1. The number of aromatic nitrogens is 5. The van der Waals surface area contributed by atoms with Gasteiger partial charge in [0.2, 0.25) is 5.28 Å². The monoisotopic (exact) mass is 259 g/mol. The number of hydrogen-bond donors (Lipinski definition) is 0. The zero-order valence-electron chi connectivity index (χ0n) is 9.71. The summed E-state index contributed by atoms with van der Waals surface area (Å²) in [7, 11) is 0. The molecule has 90 valence electrons. The van der Waals surface area contributed by atoms with Crippen LogP contribution in [0.25, 0.3) is 11.2 Å². The molecule has 3 rings (SSSR count). The highest BCUT2D eigenvalue weighted by atomic mass is 35.5. The Morgan fingerprint density at radius 1 is 1.28 bits per heavy atom. The molecule has 0 atom stereocenters. The lowest BCUT2D eigenvalue weighted by Gasteiger charge is -2.05. The van der Waals surface area contributed by atoms with E-state index in [0.29, 0.717) is 6.54 Å². The molecule has 6 heteroatoms. The fourth-order valence-corrected chi connectivity index (χ4v) is 2.00. The molecule has 0 saturated carbocycles. The first-order valence-electron chi connectivity index (χ1n) is 5.48. The third-order valence-electron chi connectivity index (χ3n) is 2.71. The van der Waals surface area contributed by atoms with Gasteiger partial charge in [0, 0.05) is 12.4 Å². The van der Waals surface area contributed by atoms with E-state index in [1.54, 1.807) is 12.4 Å². The van der Waals surface area contributed by atoms with E-state index in [1.165, 1.54) is 0 Å². The molecule has 0 bridgehead atoms. The number of rotatable bonds is 2. The van der Waals surface area contributed by atoms with Crippen LogP contribution in [0.1, 0.15) is 11.4 Å². The number of nitrogens with zero attached hydrogens (tertiary/aromatic N) is 5. The van der Waals surface area contributed by atoms with E-state index in [2.05, 4.69) is 19.9 Å². The minimum atomic E-state index is 0.231. The van der Waals surface area contributed by atoms with Gasteiger partial charge in [0.25, 0.3) is 0 Å². The van der Waals surface area contributed by atoms with Crippen LogP contribution in [-0.2, 0) is 6.54 Å². The van der Waals surface area contributed by atoms with Crippen molar-refractivity contribution >= 4 is 22.8 Å². The minimum Gasteiger partial charge on any atom is -0.308 e. The van der Waals surface area contributed by atoms with Crippen LogP contribution in [-0.4, -0.2) is 24.5 Å². The highest BCUT2D eigenvalue weighted by Crippen LogP contribution is 2.16. The normalized spacial score (nSPS) is 11.0. The Kier molecular flexibility index (Phi) is 2.68. The Balaban J connectivity index is 2.11. The lowest BCUT2D eigenvalue weighted by Crippen LogP contribution is -2.03. The van der Waals surface area contributed by atoms with Gasteiger partial charge in [-0.05, 0) is 30.2 Å². The van der Waals surface area contributed by atoms with E-state index < -0.39 is 0 Å². The largest absolute Gasteiger partial charge is 0.308 e. The average molecular weight is 260 g/mol. The summed E-state index contributed by atoms with van der Waals surface area (Å²) < 4.78 is 2.00. The smallest absolute Gasteiger partial charge is 0.224 e. The van der Waals surface area contributed by atoms with Crippen molar-refractivity contribution in [3.8, 4) is 0 Å². The van der Waals surface area contributed by atoms with Crippen LogP contribution >= 0.6 is 11.6 Å². The molecule has 0 radical (unpaired) electrons. The molecule has 3 heterocycles. The molecule has 0 saturated heterocycles. The molecule has 5 nitrogen and oxygen atoms in total. The van der Waals surface area contributed by atoms with Gasteiger partial charge < -0.3 is 4.57 Å². The van der Waals surface area contributed by atoms with Gasteiger partial charge in [-0.25, -0.2) is 9.97 Å². The maximum atomic E-state index is 5.83. The molecule has 0 aliphatic rings. The van der Waals surface area contributed by atoms with Crippen LogP contribution in [0, 0.1) is 6.92 Å². The van der Waals surface area contributed by atoms with E-state index in [-0.39, 0.29) is 5.28 Å². The lowest BCUT2D eigenvalue weighted by atomic mass is 10.3. The second-order valence-corrected chi connectivity index (χ2v) is 4.29. The molecule has 3 aromatic rings. The van der Waals surface area contributed by atoms with Crippen molar-refractivity contribution in [3.63, 3.8) is 0 Å². The number of imidazole rings is 1. The molecule has 0 spiro atoms. The second-order valence-electron chi connectivity index (χ2n) is 3.95. The van der Waals surface area contributed by atoms with E-state index in [0.717, 1.165) is 22.6 Å². The summed E-state index contributed by atoms with van der Waals surface area (Å²) in [5, 5.41) is 0.231. The molecule has 0 N–H and O–H groups in total. The Bertz CT molecular complexity index is 692. The number of pyridine rings is 1. The van der Waals surface area contributed by atoms with Crippen molar-refractivity contribution in [2.24, 2.45) is 0 Å². The molecule has 0 unspecified atom stereocenters. The Morgan fingerprint density at radius 2 is 2.17 bits per heavy atom. The van der Waals surface area contributed by atoms with Gasteiger partial charge in [0.05, 0.1) is 12.7 Å². The quantitative estimate of drug-likeness (QED) is 0.662. The van der Waals surface area contributed by atoms with Crippen LogP contribution in [0.15, 0.2) is 30.7 Å². The molecule has 3 aromatic heterocycles. The van der Waals surface area contributed by atoms with Crippen molar-refractivity contribution in [1.29, 1.82) is 0 Å². The number of aryl methyl sites for hydroxylation is 1. The Labute approximate surface area is 109 Å². The predicted molar refractivity (Wildman–Crippen MR) is 68.4 cm³/mol. The Hall–Kier alpha value is -2.01. The predicted octanol–water partition coefficient (Wildman–Crippen LogP) is 2.23. The summed E-state index contributed by atoms with van der Waals surface area (Å²) in [5.41, 5.74) is 2.59. The average Bonchev–Trinajstić information content (AvgIpc) is 2.67. The maximum Gasteiger partial charge on any atom is 0.224 e. The van der Waals surface area contributed by atoms with Crippen LogP contribution in [0.2, 0.25) is 5.28 Å². The van der Waals surface area contributed by atoms with Crippen molar-refractivity contribution in [2.75, 3.05) is 0 Å². The first kappa shape index (κ1) is 11.1. The van der Waals surface area contributed by atoms with Gasteiger partial charge in [-0.2, -0.15) is 4.98 Å². The van der Waals surface area contributed by atoms with Gasteiger partial charge in [-0.15, -0.1) is 0 Å². The van der Waals surface area contributed by atoms with Crippen LogP contribution in [0.5, 0.6) is 0 Å². The summed E-state index contributed by atoms with van der Waals surface area (Å²) in [6.45, 7) is 2.61. The first-order chi connectivity index (χ1) is 8.74.